The van der Waals surface area contributed by atoms with Crippen LogP contribution in [0.1, 0.15) is 31.5 Å². The highest BCUT2D eigenvalue weighted by Gasteiger charge is 2.34. The molecule has 1 aromatic heterocycles. The number of methoxy groups -OCH3 is 1. The number of ether oxygens (including phenoxy) is 1. The van der Waals surface area contributed by atoms with E-state index in [1.807, 2.05) is 0 Å². The fourth-order valence-electron chi connectivity index (χ4n) is 3.56. The number of carbonyl (C=O) groups excluding carboxylic acids is 1. The lowest BCUT2D eigenvalue weighted by Gasteiger charge is -2.38. The van der Waals surface area contributed by atoms with E-state index >= 15 is 0 Å². The van der Waals surface area contributed by atoms with Gasteiger partial charge in [-0.3, -0.25) is 4.79 Å². The minimum atomic E-state index is -3.84. The lowest BCUT2D eigenvalue weighted by molar-refractivity contribution is -0.131. The molecule has 11 heteroatoms. The summed E-state index contributed by atoms with van der Waals surface area (Å²) in [5.41, 5.74) is 0. The van der Waals surface area contributed by atoms with Crippen LogP contribution in [0.3, 0.4) is 0 Å². The summed E-state index contributed by atoms with van der Waals surface area (Å²) in [6.45, 7) is 2.47. The van der Waals surface area contributed by atoms with Crippen molar-refractivity contribution in [2.75, 3.05) is 26.7 Å². The van der Waals surface area contributed by atoms with Crippen LogP contribution in [0.2, 0.25) is 0 Å². The van der Waals surface area contributed by atoms with Crippen LogP contribution in [0.4, 0.5) is 4.39 Å². The maximum atomic E-state index is 13.5. The van der Waals surface area contributed by atoms with Gasteiger partial charge in [0.05, 0.1) is 4.90 Å². The zero-order valence-corrected chi connectivity index (χ0v) is 17.8. The predicted octanol–water partition coefficient (Wildman–Crippen LogP) is 1.60. The molecular formula is C19H25FN4O5S. The van der Waals surface area contributed by atoms with Gasteiger partial charge in [-0.15, -0.1) is 0 Å². The molecule has 1 fully saturated rings. The minimum absolute atomic E-state index is 0.0880. The Kier molecular flexibility index (Phi) is 7.16. The Labute approximate surface area is 174 Å². The summed E-state index contributed by atoms with van der Waals surface area (Å²) in [6, 6.07) is 4.67. The number of aromatic nitrogens is 2. The summed E-state index contributed by atoms with van der Waals surface area (Å²) in [4.78, 5) is 18.0. The van der Waals surface area contributed by atoms with Crippen LogP contribution in [-0.2, 0) is 32.6 Å². The highest BCUT2D eigenvalue weighted by molar-refractivity contribution is 7.89. The number of benzene rings is 1. The SMILES string of the molecule is COCc1nc(CCN(C(C)=O)C2CCCN(S(=O)(=O)c3cccc(F)c3)C2)no1. The van der Waals surface area contributed by atoms with Gasteiger partial charge in [-0.25, -0.2) is 12.8 Å². The van der Waals surface area contributed by atoms with Gasteiger partial charge in [0.15, 0.2) is 5.82 Å². The van der Waals surface area contributed by atoms with Crippen molar-refractivity contribution in [1.82, 2.24) is 19.3 Å². The molecule has 1 aliphatic rings. The number of piperidine rings is 1. The highest BCUT2D eigenvalue weighted by atomic mass is 32.2. The van der Waals surface area contributed by atoms with Crippen molar-refractivity contribution in [3.8, 4) is 0 Å². The van der Waals surface area contributed by atoms with Gasteiger partial charge in [0, 0.05) is 46.1 Å². The number of nitrogens with zero attached hydrogens (tertiary/aromatic N) is 4. The molecule has 0 bridgehead atoms. The van der Waals surface area contributed by atoms with Gasteiger partial charge < -0.3 is 14.2 Å². The van der Waals surface area contributed by atoms with E-state index < -0.39 is 15.8 Å². The first kappa shape index (κ1) is 22.3. The van der Waals surface area contributed by atoms with E-state index in [0.717, 1.165) is 6.07 Å². The maximum Gasteiger partial charge on any atom is 0.252 e. The third-order valence-electron chi connectivity index (χ3n) is 4.99. The number of hydrogen-bond acceptors (Lipinski definition) is 7. The molecule has 1 amide bonds. The molecule has 0 aliphatic carbocycles. The van der Waals surface area contributed by atoms with Gasteiger partial charge in [-0.05, 0) is 31.0 Å². The second-order valence-corrected chi connectivity index (χ2v) is 9.05. The molecule has 1 aliphatic heterocycles. The smallest absolute Gasteiger partial charge is 0.252 e. The van der Waals surface area contributed by atoms with E-state index in [0.29, 0.717) is 44.1 Å². The van der Waals surface area contributed by atoms with Gasteiger partial charge >= 0.3 is 0 Å². The largest absolute Gasteiger partial charge is 0.375 e. The van der Waals surface area contributed by atoms with Gasteiger partial charge in [0.1, 0.15) is 12.4 Å². The van der Waals surface area contributed by atoms with Crippen LogP contribution in [0.25, 0.3) is 0 Å². The van der Waals surface area contributed by atoms with Crippen molar-refractivity contribution < 1.29 is 26.9 Å². The van der Waals surface area contributed by atoms with E-state index in [1.54, 1.807) is 4.90 Å². The van der Waals surface area contributed by atoms with E-state index in [2.05, 4.69) is 10.1 Å². The van der Waals surface area contributed by atoms with E-state index in [1.165, 1.54) is 36.5 Å². The molecule has 164 valence electrons. The van der Waals surface area contributed by atoms with Crippen molar-refractivity contribution in [2.24, 2.45) is 0 Å². The Morgan fingerprint density at radius 1 is 1.43 bits per heavy atom. The first-order valence-corrected chi connectivity index (χ1v) is 11.1. The average Bonchev–Trinajstić information content (AvgIpc) is 3.16. The zero-order chi connectivity index (χ0) is 21.7. The van der Waals surface area contributed by atoms with Crippen LogP contribution in [0.5, 0.6) is 0 Å². The molecule has 1 atom stereocenters. The van der Waals surface area contributed by atoms with E-state index in [9.17, 15) is 17.6 Å². The molecule has 0 saturated carbocycles. The Morgan fingerprint density at radius 2 is 2.23 bits per heavy atom. The van der Waals surface area contributed by atoms with Crippen LogP contribution < -0.4 is 0 Å². The molecule has 0 N–H and O–H groups in total. The fourth-order valence-corrected chi connectivity index (χ4v) is 5.11. The first-order valence-electron chi connectivity index (χ1n) is 9.64. The molecule has 30 heavy (non-hydrogen) atoms. The predicted molar refractivity (Wildman–Crippen MR) is 104 cm³/mol. The van der Waals surface area contributed by atoms with Crippen LogP contribution in [0.15, 0.2) is 33.7 Å². The summed E-state index contributed by atoms with van der Waals surface area (Å²) in [6.07, 6.45) is 1.65. The lowest BCUT2D eigenvalue weighted by Crippen LogP contribution is -2.51. The van der Waals surface area contributed by atoms with Crippen molar-refractivity contribution in [2.45, 2.75) is 43.7 Å². The summed E-state index contributed by atoms with van der Waals surface area (Å²) in [5.74, 6) is 0.0359. The van der Waals surface area contributed by atoms with E-state index in [-0.39, 0.29) is 30.0 Å². The second-order valence-electron chi connectivity index (χ2n) is 7.12. The standard InChI is InChI=1S/C19H25FN4O5S/c1-14(25)24(10-8-18-21-19(13-28-2)29-22-18)16-6-4-9-23(12-16)30(26,27)17-7-3-5-15(20)11-17/h3,5,7,11,16H,4,6,8-10,12-13H2,1-2H3. The fraction of sp³-hybridized carbons (Fsp3) is 0.526. The van der Waals surface area contributed by atoms with Gasteiger partial charge in [0.25, 0.3) is 5.89 Å². The van der Waals surface area contributed by atoms with Crippen molar-refractivity contribution in [3.05, 3.63) is 41.8 Å². The molecule has 1 saturated heterocycles. The number of amides is 1. The Hall–Kier alpha value is -2.37. The van der Waals surface area contributed by atoms with Crippen LogP contribution in [-0.4, -0.2) is 66.5 Å². The Morgan fingerprint density at radius 3 is 2.93 bits per heavy atom. The minimum Gasteiger partial charge on any atom is -0.375 e. The summed E-state index contributed by atoms with van der Waals surface area (Å²) in [7, 11) is -2.32. The molecule has 1 unspecified atom stereocenters. The Bertz CT molecular complexity index is 981. The molecule has 2 aromatic rings. The number of carbonyl (C=O) groups is 1. The van der Waals surface area contributed by atoms with E-state index in [4.69, 9.17) is 9.26 Å². The molecular weight excluding hydrogens is 415 g/mol. The van der Waals surface area contributed by atoms with Gasteiger partial charge in [0.2, 0.25) is 15.9 Å². The van der Waals surface area contributed by atoms with Crippen molar-refractivity contribution >= 4 is 15.9 Å². The van der Waals surface area contributed by atoms with Crippen molar-refractivity contribution in [3.63, 3.8) is 0 Å². The molecule has 0 radical (unpaired) electrons. The number of hydrogen-bond donors (Lipinski definition) is 0. The number of rotatable bonds is 8. The van der Waals surface area contributed by atoms with Gasteiger partial charge in [-0.2, -0.15) is 9.29 Å². The molecule has 2 heterocycles. The molecule has 9 nitrogen and oxygen atoms in total. The second kappa shape index (κ2) is 9.63. The number of halogens is 1. The summed E-state index contributed by atoms with van der Waals surface area (Å²) < 4.78 is 50.7. The maximum absolute atomic E-state index is 13.5. The molecule has 0 spiro atoms. The lowest BCUT2D eigenvalue weighted by atomic mass is 10.1. The Balaban J connectivity index is 1.70. The zero-order valence-electron chi connectivity index (χ0n) is 17.0. The monoisotopic (exact) mass is 440 g/mol. The quantitative estimate of drug-likeness (QED) is 0.614. The number of sulfonamides is 1. The van der Waals surface area contributed by atoms with Crippen LogP contribution >= 0.6 is 0 Å². The third-order valence-corrected chi connectivity index (χ3v) is 6.85. The summed E-state index contributed by atoms with van der Waals surface area (Å²) in [5, 5.41) is 3.87. The van der Waals surface area contributed by atoms with Crippen LogP contribution in [0, 0.1) is 5.82 Å². The average molecular weight is 440 g/mol. The first-order chi connectivity index (χ1) is 14.3. The molecule has 1 aromatic carbocycles. The topological polar surface area (TPSA) is 106 Å². The van der Waals surface area contributed by atoms with Gasteiger partial charge in [-0.1, -0.05) is 11.2 Å². The molecule has 3 rings (SSSR count). The van der Waals surface area contributed by atoms with Crippen molar-refractivity contribution in [1.29, 1.82) is 0 Å². The highest BCUT2D eigenvalue weighted by Crippen LogP contribution is 2.24. The summed E-state index contributed by atoms with van der Waals surface area (Å²) >= 11 is 0. The third kappa shape index (κ3) is 5.21. The normalized spacial score (nSPS) is 17.8.